The molecule has 2 amide bonds. The zero-order valence-corrected chi connectivity index (χ0v) is 19.3. The minimum absolute atomic E-state index is 0.110. The predicted octanol–water partition coefficient (Wildman–Crippen LogP) is 4.26. The molecule has 9 nitrogen and oxygen atoms in total. The molecule has 0 aliphatic heterocycles. The topological polar surface area (TPSA) is 123 Å². The highest BCUT2D eigenvalue weighted by atomic mass is 16.7. The fourth-order valence-electron chi connectivity index (χ4n) is 2.99. The van der Waals surface area contributed by atoms with Crippen LogP contribution >= 0.6 is 0 Å². The summed E-state index contributed by atoms with van der Waals surface area (Å²) in [6.45, 7) is 3.74. The Morgan fingerprint density at radius 1 is 0.943 bits per heavy atom. The highest BCUT2D eigenvalue weighted by Gasteiger charge is 2.15. The monoisotopic (exact) mass is 478 g/mol. The van der Waals surface area contributed by atoms with E-state index in [1.54, 1.807) is 44.2 Å². The average molecular weight is 479 g/mol. The van der Waals surface area contributed by atoms with Gasteiger partial charge in [0.1, 0.15) is 17.2 Å². The van der Waals surface area contributed by atoms with Crippen LogP contribution in [0, 0.1) is 0 Å². The summed E-state index contributed by atoms with van der Waals surface area (Å²) in [5, 5.41) is 14.9. The van der Waals surface area contributed by atoms with Gasteiger partial charge in [-0.3, -0.25) is 9.59 Å². The van der Waals surface area contributed by atoms with Crippen LogP contribution in [-0.2, 0) is 16.1 Å². The highest BCUT2D eigenvalue weighted by molar-refractivity contribution is 5.95. The summed E-state index contributed by atoms with van der Waals surface area (Å²) in [4.78, 5) is 36.3. The van der Waals surface area contributed by atoms with E-state index in [9.17, 15) is 19.5 Å². The summed E-state index contributed by atoms with van der Waals surface area (Å²) in [5.74, 6) is 0.190. The standard InChI is InChI=1S/C26H26N2O7/c1-3-33-26(32)35-23-11-7-19(8-12-23)25(31)27-16-18-5-4-6-20(15-18)28-24(30)17(2)34-22-13-9-21(29)10-14-22/h4-15,17,29H,3,16H2,1-2H3,(H,27,31)(H,28,30). The molecule has 0 aromatic heterocycles. The van der Waals surface area contributed by atoms with E-state index in [1.807, 2.05) is 6.07 Å². The molecule has 35 heavy (non-hydrogen) atoms. The Kier molecular flexibility index (Phi) is 8.66. The fraction of sp³-hybridized carbons (Fsp3) is 0.192. The van der Waals surface area contributed by atoms with Gasteiger partial charge in [-0.15, -0.1) is 0 Å². The van der Waals surface area contributed by atoms with Crippen molar-refractivity contribution in [2.24, 2.45) is 0 Å². The summed E-state index contributed by atoms with van der Waals surface area (Å²) >= 11 is 0. The Morgan fingerprint density at radius 2 is 1.63 bits per heavy atom. The van der Waals surface area contributed by atoms with Crippen molar-refractivity contribution in [3.8, 4) is 17.2 Å². The Bertz CT molecular complexity index is 1160. The van der Waals surface area contributed by atoms with E-state index >= 15 is 0 Å². The van der Waals surface area contributed by atoms with Crippen LogP contribution in [0.1, 0.15) is 29.8 Å². The normalized spacial score (nSPS) is 11.1. The van der Waals surface area contributed by atoms with Crippen molar-refractivity contribution in [1.29, 1.82) is 0 Å². The molecular formula is C26H26N2O7. The van der Waals surface area contributed by atoms with Crippen molar-refractivity contribution in [2.45, 2.75) is 26.5 Å². The summed E-state index contributed by atoms with van der Waals surface area (Å²) in [6.07, 6.45) is -1.57. The Hall–Kier alpha value is -4.53. The molecule has 0 heterocycles. The van der Waals surface area contributed by atoms with Crippen molar-refractivity contribution in [3.05, 3.63) is 83.9 Å². The molecule has 0 bridgehead atoms. The number of rotatable bonds is 9. The number of benzene rings is 3. The maximum Gasteiger partial charge on any atom is 0.513 e. The Balaban J connectivity index is 1.51. The number of phenols is 1. The maximum absolute atomic E-state index is 12.5. The maximum atomic E-state index is 12.5. The first-order valence-corrected chi connectivity index (χ1v) is 10.9. The van der Waals surface area contributed by atoms with Crippen LogP contribution in [0.15, 0.2) is 72.8 Å². The second kappa shape index (κ2) is 12.1. The van der Waals surface area contributed by atoms with Gasteiger partial charge in [0.25, 0.3) is 11.8 Å². The summed E-state index contributed by atoms with van der Waals surface area (Å²) in [6, 6.07) is 19.3. The van der Waals surface area contributed by atoms with E-state index in [0.29, 0.717) is 17.0 Å². The van der Waals surface area contributed by atoms with Gasteiger partial charge in [0, 0.05) is 17.8 Å². The second-order valence-corrected chi connectivity index (χ2v) is 7.44. The van der Waals surface area contributed by atoms with Gasteiger partial charge in [-0.1, -0.05) is 12.1 Å². The van der Waals surface area contributed by atoms with Gasteiger partial charge in [-0.2, -0.15) is 0 Å². The number of nitrogens with one attached hydrogen (secondary N) is 2. The molecule has 0 saturated carbocycles. The molecule has 1 atom stereocenters. The van der Waals surface area contributed by atoms with Crippen molar-refractivity contribution >= 4 is 23.7 Å². The number of amides is 2. The first kappa shape index (κ1) is 25.1. The van der Waals surface area contributed by atoms with E-state index in [0.717, 1.165) is 5.56 Å². The van der Waals surface area contributed by atoms with Gasteiger partial charge in [-0.25, -0.2) is 4.79 Å². The minimum Gasteiger partial charge on any atom is -0.508 e. The molecule has 0 aliphatic rings. The number of carbonyl (C=O) groups is 3. The SMILES string of the molecule is CCOC(=O)Oc1ccc(C(=O)NCc2cccc(NC(=O)C(C)Oc3ccc(O)cc3)c2)cc1. The molecule has 9 heteroatoms. The quantitative estimate of drug-likeness (QED) is 0.310. The van der Waals surface area contributed by atoms with Crippen LogP contribution in [0.5, 0.6) is 17.2 Å². The lowest BCUT2D eigenvalue weighted by Gasteiger charge is -2.15. The van der Waals surface area contributed by atoms with E-state index in [4.69, 9.17) is 14.2 Å². The van der Waals surface area contributed by atoms with Crippen molar-refractivity contribution in [1.82, 2.24) is 5.32 Å². The first-order valence-electron chi connectivity index (χ1n) is 10.9. The lowest BCUT2D eigenvalue weighted by atomic mass is 10.1. The van der Waals surface area contributed by atoms with E-state index in [1.165, 1.54) is 36.4 Å². The largest absolute Gasteiger partial charge is 0.513 e. The van der Waals surface area contributed by atoms with Crippen molar-refractivity contribution < 1.29 is 33.7 Å². The average Bonchev–Trinajstić information content (AvgIpc) is 2.84. The molecule has 0 fully saturated rings. The number of phenolic OH excluding ortho intramolecular Hbond substituents is 1. The lowest BCUT2D eigenvalue weighted by Crippen LogP contribution is -2.30. The molecule has 1 unspecified atom stereocenters. The molecule has 0 saturated heterocycles. The summed E-state index contributed by atoms with van der Waals surface area (Å²) < 4.78 is 15.3. The zero-order valence-electron chi connectivity index (χ0n) is 19.3. The van der Waals surface area contributed by atoms with Crippen molar-refractivity contribution in [3.63, 3.8) is 0 Å². The van der Waals surface area contributed by atoms with Crippen LogP contribution in [-0.4, -0.2) is 35.8 Å². The third-order valence-electron chi connectivity index (χ3n) is 4.75. The number of ether oxygens (including phenoxy) is 3. The fourth-order valence-corrected chi connectivity index (χ4v) is 2.99. The van der Waals surface area contributed by atoms with E-state index < -0.39 is 12.3 Å². The molecule has 3 rings (SSSR count). The minimum atomic E-state index is -0.807. The molecule has 3 N–H and O–H groups in total. The van der Waals surface area contributed by atoms with Gasteiger partial charge in [0.2, 0.25) is 0 Å². The lowest BCUT2D eigenvalue weighted by molar-refractivity contribution is -0.122. The van der Waals surface area contributed by atoms with Gasteiger partial charge in [-0.05, 0) is 80.1 Å². The van der Waals surface area contributed by atoms with Crippen LogP contribution in [0.25, 0.3) is 0 Å². The molecular weight excluding hydrogens is 452 g/mol. The highest BCUT2D eigenvalue weighted by Crippen LogP contribution is 2.18. The number of hydrogen-bond acceptors (Lipinski definition) is 7. The third kappa shape index (κ3) is 7.78. The molecule has 0 spiro atoms. The number of anilines is 1. The van der Waals surface area contributed by atoms with Gasteiger partial charge in [0.05, 0.1) is 6.61 Å². The molecule has 0 aliphatic carbocycles. The van der Waals surface area contributed by atoms with Crippen LogP contribution in [0.2, 0.25) is 0 Å². The second-order valence-electron chi connectivity index (χ2n) is 7.44. The van der Waals surface area contributed by atoms with E-state index in [2.05, 4.69) is 10.6 Å². The smallest absolute Gasteiger partial charge is 0.508 e. The van der Waals surface area contributed by atoms with E-state index in [-0.39, 0.29) is 36.5 Å². The Labute approximate surface area is 202 Å². The number of aromatic hydroxyl groups is 1. The molecule has 0 radical (unpaired) electrons. The molecule has 3 aromatic rings. The van der Waals surface area contributed by atoms with Crippen LogP contribution in [0.3, 0.4) is 0 Å². The summed E-state index contributed by atoms with van der Waals surface area (Å²) in [7, 11) is 0. The van der Waals surface area contributed by atoms with Crippen LogP contribution in [0.4, 0.5) is 10.5 Å². The summed E-state index contributed by atoms with van der Waals surface area (Å²) in [5.41, 5.74) is 1.74. The number of carbonyl (C=O) groups excluding carboxylic acids is 3. The molecule has 182 valence electrons. The van der Waals surface area contributed by atoms with Crippen molar-refractivity contribution in [2.75, 3.05) is 11.9 Å². The van der Waals surface area contributed by atoms with Gasteiger partial charge in [0.15, 0.2) is 6.10 Å². The number of hydrogen-bond donors (Lipinski definition) is 3. The zero-order chi connectivity index (χ0) is 25.2. The van der Waals surface area contributed by atoms with Gasteiger partial charge < -0.3 is 30.0 Å². The van der Waals surface area contributed by atoms with Crippen LogP contribution < -0.4 is 20.1 Å². The predicted molar refractivity (Wildman–Crippen MR) is 129 cm³/mol. The Morgan fingerprint density at radius 3 is 2.31 bits per heavy atom. The molecule has 3 aromatic carbocycles. The third-order valence-corrected chi connectivity index (χ3v) is 4.75. The first-order chi connectivity index (χ1) is 16.8. The van der Waals surface area contributed by atoms with Gasteiger partial charge >= 0.3 is 6.16 Å².